The molecule has 0 saturated carbocycles. The topological polar surface area (TPSA) is 76.2 Å². The molecule has 1 fully saturated rings. The quantitative estimate of drug-likeness (QED) is 0.246. The lowest BCUT2D eigenvalue weighted by Gasteiger charge is -2.34. The lowest BCUT2D eigenvalue weighted by molar-refractivity contribution is -0.121. The molecule has 0 radical (unpaired) electrons. The first-order valence-electron chi connectivity index (χ1n) is 11.6. The van der Waals surface area contributed by atoms with Crippen molar-refractivity contribution in [2.75, 3.05) is 23.0 Å². The number of rotatable bonds is 8. The Morgan fingerprint density at radius 1 is 0.806 bits per heavy atom. The summed E-state index contributed by atoms with van der Waals surface area (Å²) in [4.78, 5) is 42.6. The fraction of sp³-hybridized carbons (Fsp3) is 0.179. The molecule has 0 aliphatic carbocycles. The second-order valence-electron chi connectivity index (χ2n) is 7.90. The predicted octanol–water partition coefficient (Wildman–Crippen LogP) is 6.22. The van der Waals surface area contributed by atoms with Crippen LogP contribution < -0.4 is 19.3 Å². The number of hydrogen-bond donors (Lipinski definition) is 0. The molecule has 36 heavy (non-hydrogen) atoms. The SMILES string of the molecule is CCCOc1c(Br)cc(C=C2C(=O)N(c3ccccc3)C(=O)N(c3ccccc3)C2=O)cc1OCC. The van der Waals surface area contributed by atoms with E-state index in [9.17, 15) is 14.4 Å². The molecule has 3 aromatic carbocycles. The largest absolute Gasteiger partial charge is 0.490 e. The average Bonchev–Trinajstić information content (AvgIpc) is 2.88. The third-order valence-corrected chi connectivity index (χ3v) is 5.96. The molecule has 4 amide bonds. The van der Waals surface area contributed by atoms with Gasteiger partial charge >= 0.3 is 6.03 Å². The lowest BCUT2D eigenvalue weighted by Crippen LogP contribution is -2.57. The van der Waals surface area contributed by atoms with E-state index in [4.69, 9.17) is 9.47 Å². The Morgan fingerprint density at radius 3 is 1.86 bits per heavy atom. The standard InChI is InChI=1S/C28H25BrN2O5/c1-3-15-36-25-23(29)17-19(18-24(25)35-4-2)16-22-26(32)30(20-11-7-5-8-12-20)28(34)31(27(22)33)21-13-9-6-10-14-21/h5-14,16-18H,3-4,15H2,1-2H3. The van der Waals surface area contributed by atoms with E-state index in [1.165, 1.54) is 6.08 Å². The van der Waals surface area contributed by atoms with Crippen molar-refractivity contribution in [1.29, 1.82) is 0 Å². The number of carbonyl (C=O) groups excluding carboxylic acids is 3. The van der Waals surface area contributed by atoms with E-state index in [-0.39, 0.29) is 5.57 Å². The first kappa shape index (κ1) is 25.2. The zero-order valence-electron chi connectivity index (χ0n) is 19.9. The normalized spacial score (nSPS) is 13.8. The number of ether oxygens (including phenoxy) is 2. The maximum absolute atomic E-state index is 13.6. The van der Waals surface area contributed by atoms with Crippen LogP contribution >= 0.6 is 15.9 Å². The molecule has 0 aromatic heterocycles. The number of urea groups is 1. The van der Waals surface area contributed by atoms with E-state index < -0.39 is 17.8 Å². The van der Waals surface area contributed by atoms with Crippen molar-refractivity contribution < 1.29 is 23.9 Å². The van der Waals surface area contributed by atoms with Gasteiger partial charge in [0, 0.05) is 0 Å². The van der Waals surface area contributed by atoms with Gasteiger partial charge in [-0.05, 0) is 77.3 Å². The van der Waals surface area contributed by atoms with Crippen LogP contribution in [-0.4, -0.2) is 31.1 Å². The molecular weight excluding hydrogens is 524 g/mol. The van der Waals surface area contributed by atoms with E-state index in [0.29, 0.717) is 46.1 Å². The number of carbonyl (C=O) groups is 3. The zero-order valence-corrected chi connectivity index (χ0v) is 21.5. The van der Waals surface area contributed by atoms with Crippen molar-refractivity contribution in [1.82, 2.24) is 0 Å². The molecule has 1 heterocycles. The Hall–Kier alpha value is -3.91. The van der Waals surface area contributed by atoms with Gasteiger partial charge in [0.2, 0.25) is 0 Å². The number of amides is 4. The molecule has 184 valence electrons. The number of halogens is 1. The third-order valence-electron chi connectivity index (χ3n) is 5.37. The number of benzene rings is 3. The molecule has 0 N–H and O–H groups in total. The molecule has 1 aliphatic rings. The van der Waals surface area contributed by atoms with Crippen LogP contribution in [0.3, 0.4) is 0 Å². The molecule has 8 heteroatoms. The van der Waals surface area contributed by atoms with Crippen LogP contribution in [0.25, 0.3) is 6.08 Å². The van der Waals surface area contributed by atoms with Gasteiger partial charge in [0.05, 0.1) is 29.1 Å². The van der Waals surface area contributed by atoms with Crippen LogP contribution in [0.15, 0.2) is 82.8 Å². The van der Waals surface area contributed by atoms with Gasteiger partial charge in [-0.1, -0.05) is 43.3 Å². The van der Waals surface area contributed by atoms with Crippen molar-refractivity contribution in [3.05, 3.63) is 88.4 Å². The molecule has 0 bridgehead atoms. The van der Waals surface area contributed by atoms with Gasteiger partial charge in [-0.15, -0.1) is 0 Å². The number of nitrogens with zero attached hydrogens (tertiary/aromatic N) is 2. The third kappa shape index (κ3) is 5.04. The van der Waals surface area contributed by atoms with Gasteiger partial charge in [-0.25, -0.2) is 14.6 Å². The summed E-state index contributed by atoms with van der Waals surface area (Å²) >= 11 is 3.52. The van der Waals surface area contributed by atoms with Crippen molar-refractivity contribution in [2.24, 2.45) is 0 Å². The number of hydrogen-bond acceptors (Lipinski definition) is 5. The maximum atomic E-state index is 13.6. The van der Waals surface area contributed by atoms with E-state index in [1.807, 2.05) is 13.8 Å². The van der Waals surface area contributed by atoms with E-state index >= 15 is 0 Å². The summed E-state index contributed by atoms with van der Waals surface area (Å²) in [6.45, 7) is 4.78. The minimum absolute atomic E-state index is 0.154. The van der Waals surface area contributed by atoms with Gasteiger partial charge in [-0.2, -0.15) is 0 Å². The Labute approximate surface area is 218 Å². The Balaban J connectivity index is 1.84. The first-order chi connectivity index (χ1) is 17.5. The van der Waals surface area contributed by atoms with Crippen LogP contribution in [0.2, 0.25) is 0 Å². The van der Waals surface area contributed by atoms with Gasteiger partial charge in [0.25, 0.3) is 11.8 Å². The van der Waals surface area contributed by atoms with Gasteiger partial charge < -0.3 is 9.47 Å². The van der Waals surface area contributed by atoms with E-state index in [2.05, 4.69) is 15.9 Å². The van der Waals surface area contributed by atoms with Crippen LogP contribution in [0.1, 0.15) is 25.8 Å². The van der Waals surface area contributed by atoms with Gasteiger partial charge in [0.15, 0.2) is 11.5 Å². The van der Waals surface area contributed by atoms with Crippen molar-refractivity contribution in [2.45, 2.75) is 20.3 Å². The highest BCUT2D eigenvalue weighted by Gasteiger charge is 2.43. The summed E-state index contributed by atoms with van der Waals surface area (Å²) in [6, 6.07) is 19.8. The molecule has 4 rings (SSSR count). The molecule has 0 unspecified atom stereocenters. The summed E-state index contributed by atoms with van der Waals surface area (Å²) in [6.07, 6.45) is 2.30. The first-order valence-corrected chi connectivity index (χ1v) is 12.4. The molecule has 1 aliphatic heterocycles. The molecule has 3 aromatic rings. The molecule has 7 nitrogen and oxygen atoms in total. The molecule has 0 atom stereocenters. The van der Waals surface area contributed by atoms with E-state index in [0.717, 1.165) is 16.2 Å². The lowest BCUT2D eigenvalue weighted by atomic mass is 10.0. The van der Waals surface area contributed by atoms with Crippen LogP contribution in [0, 0.1) is 0 Å². The number of imide groups is 2. The molecular formula is C28H25BrN2O5. The highest BCUT2D eigenvalue weighted by Crippen LogP contribution is 2.38. The average molecular weight is 549 g/mol. The van der Waals surface area contributed by atoms with Crippen molar-refractivity contribution in [3.8, 4) is 11.5 Å². The number of para-hydroxylation sites is 2. The van der Waals surface area contributed by atoms with Gasteiger partial charge in [0.1, 0.15) is 5.57 Å². The van der Waals surface area contributed by atoms with Crippen LogP contribution in [-0.2, 0) is 9.59 Å². The van der Waals surface area contributed by atoms with Crippen LogP contribution in [0.4, 0.5) is 16.2 Å². The molecule has 0 spiro atoms. The summed E-state index contributed by atoms with van der Waals surface area (Å²) in [5.41, 5.74) is 1.12. The summed E-state index contributed by atoms with van der Waals surface area (Å²) in [5.74, 6) is -0.375. The second-order valence-corrected chi connectivity index (χ2v) is 8.76. The Kier molecular flexibility index (Phi) is 7.85. The highest BCUT2D eigenvalue weighted by atomic mass is 79.9. The van der Waals surface area contributed by atoms with Crippen molar-refractivity contribution in [3.63, 3.8) is 0 Å². The zero-order chi connectivity index (χ0) is 25.7. The number of barbiturate groups is 1. The second kappa shape index (κ2) is 11.2. The van der Waals surface area contributed by atoms with Crippen molar-refractivity contribution >= 4 is 51.2 Å². The summed E-state index contributed by atoms with van der Waals surface area (Å²) < 4.78 is 12.2. The van der Waals surface area contributed by atoms with E-state index in [1.54, 1.807) is 72.8 Å². The fourth-order valence-electron chi connectivity index (χ4n) is 3.78. The monoisotopic (exact) mass is 548 g/mol. The number of anilines is 2. The Bertz CT molecular complexity index is 1240. The van der Waals surface area contributed by atoms with Crippen LogP contribution in [0.5, 0.6) is 11.5 Å². The Morgan fingerprint density at radius 2 is 1.36 bits per heavy atom. The minimum Gasteiger partial charge on any atom is -0.490 e. The molecule has 1 saturated heterocycles. The smallest absolute Gasteiger partial charge is 0.343 e. The summed E-state index contributed by atoms with van der Waals surface area (Å²) in [7, 11) is 0. The maximum Gasteiger partial charge on any atom is 0.343 e. The highest BCUT2D eigenvalue weighted by molar-refractivity contribution is 9.10. The van der Waals surface area contributed by atoms with Gasteiger partial charge in [-0.3, -0.25) is 9.59 Å². The predicted molar refractivity (Wildman–Crippen MR) is 142 cm³/mol. The minimum atomic E-state index is -0.737. The fourth-order valence-corrected chi connectivity index (χ4v) is 4.36. The summed E-state index contributed by atoms with van der Waals surface area (Å²) in [5, 5.41) is 0.